The van der Waals surface area contributed by atoms with Crippen molar-refractivity contribution in [3.05, 3.63) is 76.2 Å². The van der Waals surface area contributed by atoms with Crippen molar-refractivity contribution in [3.8, 4) is 17.6 Å². The third-order valence-electron chi connectivity index (χ3n) is 3.95. The number of ether oxygens (including phenoxy) is 2. The number of carbonyl (C=O) groups is 2. The van der Waals surface area contributed by atoms with Crippen molar-refractivity contribution < 1.29 is 19.1 Å². The molecule has 0 atom stereocenters. The normalized spacial score (nSPS) is 10.0. The predicted octanol–water partition coefficient (Wildman–Crippen LogP) is 4.76. The van der Waals surface area contributed by atoms with E-state index < -0.39 is 5.97 Å². The van der Waals surface area contributed by atoms with Crippen LogP contribution >= 0.6 is 11.3 Å². The van der Waals surface area contributed by atoms with Crippen molar-refractivity contribution in [1.82, 2.24) is 0 Å². The number of esters is 1. The molecule has 0 unspecified atom stereocenters. The highest BCUT2D eigenvalue weighted by Crippen LogP contribution is 2.33. The topological polar surface area (TPSA) is 88.4 Å². The fraction of sp³-hybridized carbons (Fsp3) is 0.0952. The average molecular weight is 392 g/mol. The van der Waals surface area contributed by atoms with Crippen LogP contribution < -0.4 is 10.1 Å². The lowest BCUT2D eigenvalue weighted by Gasteiger charge is -2.07. The summed E-state index contributed by atoms with van der Waals surface area (Å²) in [5.41, 5.74) is 1.14. The van der Waals surface area contributed by atoms with Crippen LogP contribution in [0, 0.1) is 18.3 Å². The van der Waals surface area contributed by atoms with Gasteiger partial charge in [-0.1, -0.05) is 18.2 Å². The summed E-state index contributed by atoms with van der Waals surface area (Å²) < 4.78 is 10.4. The summed E-state index contributed by atoms with van der Waals surface area (Å²) in [7, 11) is 1.27. The minimum Gasteiger partial charge on any atom is -0.465 e. The van der Waals surface area contributed by atoms with Gasteiger partial charge in [-0.05, 0) is 48.9 Å². The van der Waals surface area contributed by atoms with Gasteiger partial charge in [0, 0.05) is 5.56 Å². The fourth-order valence-corrected chi connectivity index (χ4v) is 3.57. The van der Waals surface area contributed by atoms with E-state index >= 15 is 0 Å². The monoisotopic (exact) mass is 392 g/mol. The molecular formula is C21H16N2O4S. The van der Waals surface area contributed by atoms with Gasteiger partial charge in [0.05, 0.1) is 12.7 Å². The molecule has 0 saturated heterocycles. The predicted molar refractivity (Wildman–Crippen MR) is 106 cm³/mol. The Kier molecular flexibility index (Phi) is 5.72. The maximum atomic E-state index is 12.5. The number of methoxy groups -OCH3 is 1. The maximum Gasteiger partial charge on any atom is 0.348 e. The SMILES string of the molecule is COC(=O)c1sc(NC(=O)c2ccc(Oc3ccccc3)cc2)c(C#N)c1C. The third-order valence-corrected chi connectivity index (χ3v) is 5.14. The van der Waals surface area contributed by atoms with E-state index in [0.29, 0.717) is 32.5 Å². The van der Waals surface area contributed by atoms with Crippen LogP contribution in [0.2, 0.25) is 0 Å². The molecule has 28 heavy (non-hydrogen) atoms. The highest BCUT2D eigenvalue weighted by Gasteiger charge is 2.22. The Morgan fingerprint density at radius 3 is 2.29 bits per heavy atom. The smallest absolute Gasteiger partial charge is 0.348 e. The first-order valence-corrected chi connectivity index (χ1v) is 9.11. The van der Waals surface area contributed by atoms with E-state index in [9.17, 15) is 14.9 Å². The number of thiophene rings is 1. The van der Waals surface area contributed by atoms with Gasteiger partial charge in [-0.3, -0.25) is 4.79 Å². The number of carbonyl (C=O) groups excluding carboxylic acids is 2. The minimum atomic E-state index is -0.540. The second-order valence-corrected chi connectivity index (χ2v) is 6.78. The van der Waals surface area contributed by atoms with Crippen molar-refractivity contribution in [2.24, 2.45) is 0 Å². The Morgan fingerprint density at radius 2 is 1.68 bits per heavy atom. The van der Waals surface area contributed by atoms with Crippen LogP contribution in [0.25, 0.3) is 0 Å². The highest BCUT2D eigenvalue weighted by molar-refractivity contribution is 7.18. The summed E-state index contributed by atoms with van der Waals surface area (Å²) in [6, 6.07) is 18.0. The minimum absolute atomic E-state index is 0.253. The van der Waals surface area contributed by atoms with Crippen LogP contribution in [0.15, 0.2) is 54.6 Å². The second kappa shape index (κ2) is 8.37. The fourth-order valence-electron chi connectivity index (χ4n) is 2.50. The number of benzene rings is 2. The number of nitrogens with one attached hydrogen (secondary N) is 1. The van der Waals surface area contributed by atoms with Crippen LogP contribution in [0.1, 0.15) is 31.2 Å². The molecule has 0 aliphatic carbocycles. The first kappa shape index (κ1) is 19.1. The van der Waals surface area contributed by atoms with Crippen LogP contribution in [-0.4, -0.2) is 19.0 Å². The summed E-state index contributed by atoms with van der Waals surface area (Å²) in [5, 5.41) is 12.4. The molecule has 0 radical (unpaired) electrons. The summed E-state index contributed by atoms with van der Waals surface area (Å²) in [5.74, 6) is 0.366. The van der Waals surface area contributed by atoms with Crippen molar-refractivity contribution in [2.75, 3.05) is 12.4 Å². The van der Waals surface area contributed by atoms with E-state index in [-0.39, 0.29) is 11.5 Å². The van der Waals surface area contributed by atoms with E-state index in [1.165, 1.54) is 7.11 Å². The Bertz CT molecular complexity index is 1050. The number of para-hydroxylation sites is 1. The van der Waals surface area contributed by atoms with Crippen molar-refractivity contribution in [1.29, 1.82) is 5.26 Å². The molecule has 0 spiro atoms. The number of nitrogens with zero attached hydrogens (tertiary/aromatic N) is 1. The molecule has 0 aliphatic rings. The number of nitriles is 1. The molecule has 1 aromatic heterocycles. The molecule has 2 aromatic carbocycles. The Morgan fingerprint density at radius 1 is 1.04 bits per heavy atom. The van der Waals surface area contributed by atoms with Gasteiger partial charge in [0.25, 0.3) is 5.91 Å². The molecule has 0 fully saturated rings. The van der Waals surface area contributed by atoms with Gasteiger partial charge < -0.3 is 14.8 Å². The van der Waals surface area contributed by atoms with Gasteiger partial charge in [0.1, 0.15) is 27.4 Å². The Balaban J connectivity index is 1.76. The van der Waals surface area contributed by atoms with Crippen molar-refractivity contribution in [3.63, 3.8) is 0 Å². The lowest BCUT2D eigenvalue weighted by atomic mass is 10.1. The molecule has 1 heterocycles. The Labute approximate surface area is 166 Å². The quantitative estimate of drug-likeness (QED) is 0.633. The van der Waals surface area contributed by atoms with Crippen molar-refractivity contribution in [2.45, 2.75) is 6.92 Å². The molecule has 0 saturated carbocycles. The van der Waals surface area contributed by atoms with E-state index in [1.807, 2.05) is 36.4 Å². The molecule has 1 N–H and O–H groups in total. The zero-order valence-corrected chi connectivity index (χ0v) is 16.0. The molecule has 0 bridgehead atoms. The van der Waals surface area contributed by atoms with Gasteiger partial charge in [-0.15, -0.1) is 11.3 Å². The van der Waals surface area contributed by atoms with Crippen LogP contribution in [0.5, 0.6) is 11.5 Å². The van der Waals surface area contributed by atoms with E-state index in [2.05, 4.69) is 5.32 Å². The van der Waals surface area contributed by atoms with Gasteiger partial charge in [0.2, 0.25) is 0 Å². The van der Waals surface area contributed by atoms with E-state index in [0.717, 1.165) is 11.3 Å². The lowest BCUT2D eigenvalue weighted by molar-refractivity contribution is 0.0605. The number of hydrogen-bond acceptors (Lipinski definition) is 6. The molecule has 1 amide bonds. The summed E-state index contributed by atoms with van der Waals surface area (Å²) >= 11 is 1.02. The number of rotatable bonds is 5. The molecule has 6 nitrogen and oxygen atoms in total. The highest BCUT2D eigenvalue weighted by atomic mass is 32.1. The van der Waals surface area contributed by atoms with Crippen LogP contribution in [0.4, 0.5) is 5.00 Å². The first-order chi connectivity index (χ1) is 13.5. The van der Waals surface area contributed by atoms with Gasteiger partial charge >= 0.3 is 5.97 Å². The largest absolute Gasteiger partial charge is 0.465 e. The number of amides is 1. The van der Waals surface area contributed by atoms with Crippen molar-refractivity contribution >= 4 is 28.2 Å². The van der Waals surface area contributed by atoms with E-state index in [4.69, 9.17) is 9.47 Å². The van der Waals surface area contributed by atoms with Gasteiger partial charge in [-0.25, -0.2) is 4.79 Å². The summed E-state index contributed by atoms with van der Waals surface area (Å²) in [6.07, 6.45) is 0. The van der Waals surface area contributed by atoms with Gasteiger partial charge in [-0.2, -0.15) is 5.26 Å². The molecule has 7 heteroatoms. The average Bonchev–Trinajstić information content (AvgIpc) is 3.03. The summed E-state index contributed by atoms with van der Waals surface area (Å²) in [4.78, 5) is 24.6. The van der Waals surface area contributed by atoms with E-state index in [1.54, 1.807) is 31.2 Å². The molecule has 0 aliphatic heterocycles. The molecular weight excluding hydrogens is 376 g/mol. The van der Waals surface area contributed by atoms with Gasteiger partial charge in [0.15, 0.2) is 0 Å². The first-order valence-electron chi connectivity index (χ1n) is 8.29. The zero-order chi connectivity index (χ0) is 20.1. The lowest BCUT2D eigenvalue weighted by Crippen LogP contribution is -2.11. The standard InChI is InChI=1S/C21H16N2O4S/c1-13-17(12-22)20(28-18(13)21(25)26-2)23-19(24)14-8-10-16(11-9-14)27-15-6-4-3-5-7-15/h3-11H,1-2H3,(H,23,24). The summed E-state index contributed by atoms with van der Waals surface area (Å²) in [6.45, 7) is 1.65. The molecule has 3 aromatic rings. The number of hydrogen-bond donors (Lipinski definition) is 1. The molecule has 140 valence electrons. The molecule has 3 rings (SSSR count). The van der Waals surface area contributed by atoms with Crippen LogP contribution in [0.3, 0.4) is 0 Å². The van der Waals surface area contributed by atoms with Crippen LogP contribution in [-0.2, 0) is 4.74 Å². The Hall–Kier alpha value is -3.63. The maximum absolute atomic E-state index is 12.5. The second-order valence-electron chi connectivity index (χ2n) is 5.76. The number of anilines is 1. The third kappa shape index (κ3) is 4.03. The zero-order valence-electron chi connectivity index (χ0n) is 15.2.